The molecule has 10 aromatic heterocycles. The number of ether oxygens (including phenoxy) is 1. The van der Waals surface area contributed by atoms with E-state index in [-0.39, 0.29) is 107 Å². The molecule has 0 spiro atoms. The Hall–Kier alpha value is -14.3. The number of carboxylic acid groups (broad SMARTS) is 1. The van der Waals surface area contributed by atoms with E-state index in [0.717, 1.165) is 35.2 Å². The number of aromatic carboxylic acids is 1. The number of carbonyl (C=O) groups excluding carboxylic acids is 4. The topological polar surface area (TPSA) is 461 Å². The number of methoxy groups -OCH3 is 1. The fourth-order valence-electron chi connectivity index (χ4n) is 13.0. The zero-order valence-electron chi connectivity index (χ0n) is 83.5. The Kier molecular flexibility index (Phi) is 56.6. The van der Waals surface area contributed by atoms with Crippen LogP contribution in [0.3, 0.4) is 0 Å². The molecule has 754 valence electrons. The van der Waals surface area contributed by atoms with Crippen molar-refractivity contribution in [2.24, 2.45) is 5.73 Å². The molecule has 11 heterocycles. The number of aromatic nitrogens is 18. The van der Waals surface area contributed by atoms with Crippen molar-refractivity contribution in [3.05, 3.63) is 372 Å². The van der Waals surface area contributed by atoms with Gasteiger partial charge in [-0.3, -0.25) is 19.4 Å². The SMILES string of the molecule is C=CB1OC(C)(C)C(C)(C)O1.C=Cc1ccnc(C#N)c1.CCCCCc1ccnc(C#N)c1.CCN.CCN(CCc1ccnc(C#N)c1)C(=O)c1ccccc1-n1nccn1.CCN(CCc1ccnc(C(=O)OC)c1)C(=O)c1ccccc1-n1nccn1.CCN(CCc1ccnc(C(C)(C)O)c1)C(=O)c1ccccc1-n1nccn1.Cl.Clc1ccnc(Cl)c1.O=C(O)c1ccccc1-n1nccn1.[Br-].[CH3-].[Mg+2]. The maximum absolute atomic E-state index is 13.1. The van der Waals surface area contributed by atoms with E-state index in [2.05, 4.69) is 90.8 Å². The van der Waals surface area contributed by atoms with Crippen molar-refractivity contribution in [1.82, 2.24) is 105 Å². The molecule has 0 saturated carbocycles. The first-order valence-electron chi connectivity index (χ1n) is 45.2. The molecule has 35 nitrogen and oxygen atoms in total. The van der Waals surface area contributed by atoms with E-state index in [1.54, 1.807) is 188 Å². The number of unbranched alkanes of at least 4 members (excludes halogenated alkanes) is 2. The standard InChI is InChI=1S/C21H25N5O2.C20H21N5O3.C19H18N6O.C11H14N2.C9H7N3O2.C8H15BO2.C8H6N2.C5H3Cl2N.C2H7N.CH3.BrH.ClH.Mg/c1-4-25(14-10-16-9-11-22-19(15-16)21(2,3)28)20(27)17-7-5-6-8-18(17)26-23-12-13-24-26;1-3-24(13-9-15-8-10-21-17(14-15)20(27)28-2)19(26)16-6-4-5-7-18(16)25-22-11-12-23-25;1-2-24(12-8-15-7-9-21-16(13-15)14-20)19(26)17-5-3-4-6-18(17)25-22-10-11-23-25;1-2-3-4-5-10-6-7-13-11(8-10)9-12;13-9(14)7-3-1-2-4-8(7)12-10-5-6-11-12;1-6-9-10-7(2,3)8(4,5)11-9;1-2-7-3-4-10-8(5-7)6-9;6-4-1-2-8-5(7)3-4;1-2-3;;;;/h5-9,11-13,15,28H,4,10,14H2,1-3H3;4-8,10-12,14H,3,9,13H2,1-2H3;3-7,9-11,13H,2,8,12H2,1H3;6-8H,2-5H2,1H3;1-6H,(H,13,14);6H,1H2,2-5H3;2-5H,1H2;1-3H;2-3H2,1H3;1H3;2*1H;/q;;;;;;;;;-1;;;+2/p-1. The van der Waals surface area contributed by atoms with E-state index in [9.17, 15) is 29.1 Å². The fourth-order valence-corrected chi connectivity index (χ4v) is 13.3. The molecule has 0 bridgehead atoms. The van der Waals surface area contributed by atoms with Gasteiger partial charge in [0.05, 0.1) is 113 Å². The van der Waals surface area contributed by atoms with E-state index in [1.807, 2.05) is 165 Å². The fraction of sp³-hybridized carbons (Fsp3) is 0.279. The number of pyridine rings is 6. The number of benzene rings is 4. The number of carbonyl (C=O) groups is 5. The largest absolute Gasteiger partial charge is 2.00 e. The van der Waals surface area contributed by atoms with Gasteiger partial charge in [-0.25, -0.2) is 34.5 Å². The summed E-state index contributed by atoms with van der Waals surface area (Å²) < 4.78 is 15.8. The van der Waals surface area contributed by atoms with Gasteiger partial charge in [0, 0.05) is 81.5 Å². The first kappa shape index (κ1) is 125. The second kappa shape index (κ2) is 65.8. The summed E-state index contributed by atoms with van der Waals surface area (Å²) in [6, 6.07) is 56.0. The zero-order chi connectivity index (χ0) is 103. The van der Waals surface area contributed by atoms with Gasteiger partial charge < -0.3 is 69.1 Å². The second-order valence-corrected chi connectivity index (χ2v) is 32.7. The summed E-state index contributed by atoms with van der Waals surface area (Å²) in [4.78, 5) is 96.4. The van der Waals surface area contributed by atoms with Crippen molar-refractivity contribution in [3.8, 4) is 41.0 Å². The van der Waals surface area contributed by atoms with Crippen LogP contribution >= 0.6 is 35.6 Å². The maximum Gasteiger partial charge on any atom is 2.00 e. The number of para-hydroxylation sites is 4. The molecular formula is C104H120BBrCl3MgN25O10. The number of hydrogen-bond acceptors (Lipinski definition) is 27. The Morgan fingerprint density at radius 1 is 0.483 bits per heavy atom. The van der Waals surface area contributed by atoms with Crippen molar-refractivity contribution in [1.29, 1.82) is 15.8 Å². The number of esters is 1. The van der Waals surface area contributed by atoms with Crippen LogP contribution < -0.4 is 22.7 Å². The van der Waals surface area contributed by atoms with Crippen molar-refractivity contribution in [2.75, 3.05) is 52.9 Å². The van der Waals surface area contributed by atoms with E-state index in [0.29, 0.717) is 131 Å². The van der Waals surface area contributed by atoms with Gasteiger partial charge in [-0.1, -0.05) is 117 Å². The van der Waals surface area contributed by atoms with Gasteiger partial charge >= 0.3 is 42.1 Å². The summed E-state index contributed by atoms with van der Waals surface area (Å²) in [6.07, 6.45) is 30.6. The van der Waals surface area contributed by atoms with Crippen LogP contribution in [0, 0.1) is 41.4 Å². The molecule has 0 aliphatic carbocycles. The van der Waals surface area contributed by atoms with Gasteiger partial charge in [0.25, 0.3) is 17.7 Å². The van der Waals surface area contributed by atoms with Gasteiger partial charge in [-0.05, 0) is 250 Å². The number of amides is 3. The Labute approximate surface area is 890 Å². The predicted octanol–water partition coefficient (Wildman–Crippen LogP) is 13.9. The number of nitriles is 3. The molecule has 41 heteroatoms. The summed E-state index contributed by atoms with van der Waals surface area (Å²) in [5.41, 5.74) is 14.9. The van der Waals surface area contributed by atoms with Crippen LogP contribution in [0.4, 0.5) is 0 Å². The second-order valence-electron chi connectivity index (χ2n) is 31.8. The van der Waals surface area contributed by atoms with Crippen molar-refractivity contribution in [3.63, 3.8) is 0 Å². The van der Waals surface area contributed by atoms with Crippen LogP contribution in [0.25, 0.3) is 28.8 Å². The number of rotatable bonds is 28. The van der Waals surface area contributed by atoms with Gasteiger partial charge in [0.1, 0.15) is 57.4 Å². The van der Waals surface area contributed by atoms with E-state index in [4.69, 9.17) is 63.9 Å². The predicted molar refractivity (Wildman–Crippen MR) is 558 cm³/mol. The monoisotopic (exact) mass is 2100 g/mol. The molecule has 1 saturated heterocycles. The maximum atomic E-state index is 13.1. The van der Waals surface area contributed by atoms with Crippen LogP contribution in [0.2, 0.25) is 10.2 Å². The molecule has 0 unspecified atom stereocenters. The Morgan fingerprint density at radius 2 is 0.814 bits per heavy atom. The number of halogens is 4. The Balaban J connectivity index is 0.000000437. The minimum Gasteiger partial charge on any atom is -1.00 e. The minimum absolute atomic E-state index is 0. The average Bonchev–Trinajstić information content (AvgIpc) is 1.64. The molecule has 14 aromatic rings. The van der Waals surface area contributed by atoms with Crippen LogP contribution in [0.5, 0.6) is 0 Å². The molecule has 1 aliphatic rings. The van der Waals surface area contributed by atoms with Gasteiger partial charge in [-0.2, -0.15) is 75.8 Å². The normalized spacial score (nSPS) is 11.2. The first-order valence-corrected chi connectivity index (χ1v) is 45.9. The van der Waals surface area contributed by atoms with Crippen molar-refractivity contribution < 1.29 is 65.2 Å². The number of nitrogens with two attached hydrogens (primary N) is 1. The van der Waals surface area contributed by atoms with Crippen LogP contribution in [0.15, 0.2) is 276 Å². The first-order chi connectivity index (χ1) is 67.9. The zero-order valence-corrected chi connectivity index (χ0v) is 88.8. The van der Waals surface area contributed by atoms with E-state index >= 15 is 0 Å². The van der Waals surface area contributed by atoms with E-state index < -0.39 is 17.5 Å². The molecule has 3 amide bonds. The van der Waals surface area contributed by atoms with Crippen LogP contribution in [-0.2, 0) is 45.3 Å². The number of aliphatic hydroxyl groups is 1. The molecule has 0 atom stereocenters. The average molecular weight is 2100 g/mol. The molecular weight excluding hydrogens is 1980 g/mol. The summed E-state index contributed by atoms with van der Waals surface area (Å²) in [6.45, 7) is 32.7. The molecule has 0 radical (unpaired) electrons. The quantitative estimate of drug-likeness (QED) is 0.0135. The van der Waals surface area contributed by atoms with Crippen LogP contribution in [-0.4, -0.2) is 239 Å². The number of carboxylic acids is 1. The molecule has 1 fully saturated rings. The van der Waals surface area contributed by atoms with Gasteiger partial charge in [0.2, 0.25) is 0 Å². The van der Waals surface area contributed by atoms with Crippen LogP contribution in [0.1, 0.15) is 198 Å². The summed E-state index contributed by atoms with van der Waals surface area (Å²) >= 11 is 11.0. The number of nitrogens with zero attached hydrogens (tertiary/aromatic N) is 24. The summed E-state index contributed by atoms with van der Waals surface area (Å²) in [5.74, 6) is -0.0279. The van der Waals surface area contributed by atoms with Gasteiger partial charge in [0.15, 0.2) is 0 Å². The number of likely N-dealkylation sites (N-methyl/N-ethyl adjacent to an activating group) is 3. The third-order valence-electron chi connectivity index (χ3n) is 21.0. The third kappa shape index (κ3) is 40.4. The number of hydrogen-bond donors (Lipinski definition) is 3. The molecule has 145 heavy (non-hydrogen) atoms. The number of aryl methyl sites for hydroxylation is 1. The smallest absolute Gasteiger partial charge is 1.00 e. The Bertz CT molecular complexity index is 6400. The molecule has 1 aliphatic heterocycles. The minimum atomic E-state index is -0.994. The molecule has 15 rings (SSSR count). The van der Waals surface area contributed by atoms with E-state index in [1.165, 1.54) is 69.6 Å². The van der Waals surface area contributed by atoms with Gasteiger partial charge in [-0.15, -0.1) is 19.0 Å². The van der Waals surface area contributed by atoms with Crippen molar-refractivity contribution >= 4 is 102 Å². The molecule has 4 N–H and O–H groups in total. The Morgan fingerprint density at radius 3 is 1.14 bits per heavy atom. The third-order valence-corrected chi connectivity index (χ3v) is 21.4. The summed E-state index contributed by atoms with van der Waals surface area (Å²) in [5, 5.41) is 78.6. The van der Waals surface area contributed by atoms with Crippen molar-refractivity contribution in [2.45, 2.75) is 138 Å². The molecule has 4 aromatic carbocycles. The summed E-state index contributed by atoms with van der Waals surface area (Å²) in [7, 11) is 1.07.